The summed E-state index contributed by atoms with van der Waals surface area (Å²) in [6.07, 6.45) is 1.61. The van der Waals surface area contributed by atoms with Gasteiger partial charge in [-0.05, 0) is 12.0 Å². The molecule has 3 amide bonds. The van der Waals surface area contributed by atoms with Crippen LogP contribution in [0.2, 0.25) is 0 Å². The predicted octanol–water partition coefficient (Wildman–Crippen LogP) is 0.275. The van der Waals surface area contributed by atoms with Gasteiger partial charge in [-0.3, -0.25) is 14.4 Å². The van der Waals surface area contributed by atoms with Gasteiger partial charge in [-0.1, -0.05) is 13.8 Å². The fraction of sp³-hybridized carbons (Fsp3) is 0.333. The number of amides is 3. The van der Waals surface area contributed by atoms with E-state index in [0.29, 0.717) is 16.4 Å². The lowest BCUT2D eigenvalue weighted by Crippen LogP contribution is -2.46. The number of hydrogen-bond acceptors (Lipinski definition) is 6. The van der Waals surface area contributed by atoms with Crippen LogP contribution >= 0.6 is 11.3 Å². The van der Waals surface area contributed by atoms with Crippen LogP contribution in [0.3, 0.4) is 0 Å². The Bertz CT molecular complexity index is 782. The van der Waals surface area contributed by atoms with Crippen molar-refractivity contribution in [2.45, 2.75) is 19.9 Å². The van der Waals surface area contributed by atoms with Crippen molar-refractivity contribution in [3.8, 4) is 11.3 Å². The number of rotatable bonds is 7. The number of nitrogens with zero attached hydrogens (tertiary/aromatic N) is 1. The molecule has 0 aromatic carbocycles. The van der Waals surface area contributed by atoms with Gasteiger partial charge in [-0.25, -0.2) is 4.98 Å². The molecule has 2 heterocycles. The standard InChI is InChI=1S/C15H20N6O3S/c1-7(2)12(16)14(24)19-5-11(22)21-15-20-10(6-25-15)8-3-9(13(17)23)18-4-8/h3-4,6-7,12,18H,5,16H2,1-2H3,(H2,17,23)(H,19,24)(H,20,21,22)/t12-/m0/s1. The van der Waals surface area contributed by atoms with Crippen molar-refractivity contribution in [2.75, 3.05) is 11.9 Å². The summed E-state index contributed by atoms with van der Waals surface area (Å²) in [6, 6.07) is 0.920. The van der Waals surface area contributed by atoms with E-state index in [9.17, 15) is 14.4 Å². The molecule has 9 nitrogen and oxygen atoms in total. The molecule has 7 N–H and O–H groups in total. The van der Waals surface area contributed by atoms with E-state index in [1.54, 1.807) is 17.6 Å². The Morgan fingerprint density at radius 2 is 2.08 bits per heavy atom. The molecule has 0 aliphatic carbocycles. The second-order valence-electron chi connectivity index (χ2n) is 5.74. The first-order valence-corrected chi connectivity index (χ1v) is 8.43. The van der Waals surface area contributed by atoms with Crippen LogP contribution in [-0.4, -0.2) is 40.3 Å². The van der Waals surface area contributed by atoms with Crippen molar-refractivity contribution in [2.24, 2.45) is 17.4 Å². The lowest BCUT2D eigenvalue weighted by Gasteiger charge is -2.14. The van der Waals surface area contributed by atoms with E-state index in [1.165, 1.54) is 11.3 Å². The topological polar surface area (TPSA) is 156 Å². The fourth-order valence-electron chi connectivity index (χ4n) is 1.90. The Morgan fingerprint density at radius 3 is 2.68 bits per heavy atom. The van der Waals surface area contributed by atoms with Gasteiger partial charge in [0.25, 0.3) is 5.91 Å². The maximum absolute atomic E-state index is 11.9. The number of nitrogens with two attached hydrogens (primary N) is 2. The third-order valence-corrected chi connectivity index (χ3v) is 4.20. The van der Waals surface area contributed by atoms with Gasteiger partial charge in [-0.2, -0.15) is 0 Å². The van der Waals surface area contributed by atoms with E-state index in [2.05, 4.69) is 20.6 Å². The Balaban J connectivity index is 1.91. The number of nitrogens with one attached hydrogen (secondary N) is 3. The molecule has 0 fully saturated rings. The number of aromatic nitrogens is 2. The van der Waals surface area contributed by atoms with Gasteiger partial charge in [0, 0.05) is 17.1 Å². The van der Waals surface area contributed by atoms with E-state index in [-0.39, 0.29) is 24.1 Å². The van der Waals surface area contributed by atoms with Crippen molar-refractivity contribution in [1.82, 2.24) is 15.3 Å². The molecule has 2 aromatic rings. The number of H-pyrrole nitrogens is 1. The highest BCUT2D eigenvalue weighted by atomic mass is 32.1. The number of hydrogen-bond donors (Lipinski definition) is 5. The molecule has 0 radical (unpaired) electrons. The molecule has 0 aliphatic heterocycles. The molecular weight excluding hydrogens is 344 g/mol. The summed E-state index contributed by atoms with van der Waals surface area (Å²) in [7, 11) is 0. The fourth-order valence-corrected chi connectivity index (χ4v) is 2.64. The molecule has 0 bridgehead atoms. The van der Waals surface area contributed by atoms with Gasteiger partial charge in [0.1, 0.15) is 5.69 Å². The minimum Gasteiger partial charge on any atom is -0.364 e. The SMILES string of the molecule is CC(C)[C@H](N)C(=O)NCC(=O)Nc1nc(-c2c[nH]c(C(N)=O)c2)cs1. The van der Waals surface area contributed by atoms with Crippen LogP contribution in [0.4, 0.5) is 5.13 Å². The zero-order valence-electron chi connectivity index (χ0n) is 13.8. The first-order valence-electron chi connectivity index (χ1n) is 7.55. The van der Waals surface area contributed by atoms with Crippen LogP contribution in [0, 0.1) is 5.92 Å². The van der Waals surface area contributed by atoms with Crippen molar-refractivity contribution in [3.05, 3.63) is 23.3 Å². The molecule has 2 aromatic heterocycles. The average molecular weight is 364 g/mol. The number of aromatic amines is 1. The second kappa shape index (κ2) is 7.90. The molecular formula is C15H20N6O3S. The van der Waals surface area contributed by atoms with Crippen molar-refractivity contribution in [1.29, 1.82) is 0 Å². The normalized spacial score (nSPS) is 12.0. The first kappa shape index (κ1) is 18.6. The highest BCUT2D eigenvalue weighted by Crippen LogP contribution is 2.25. The summed E-state index contributed by atoms with van der Waals surface area (Å²) >= 11 is 1.23. The molecule has 10 heteroatoms. The third kappa shape index (κ3) is 4.88. The zero-order valence-corrected chi connectivity index (χ0v) is 14.6. The van der Waals surface area contributed by atoms with E-state index in [0.717, 1.165) is 0 Å². The number of thiazole rings is 1. The van der Waals surface area contributed by atoms with Crippen molar-refractivity contribution < 1.29 is 14.4 Å². The second-order valence-corrected chi connectivity index (χ2v) is 6.60. The highest BCUT2D eigenvalue weighted by Gasteiger charge is 2.18. The third-order valence-electron chi connectivity index (χ3n) is 3.44. The van der Waals surface area contributed by atoms with Gasteiger partial charge in [0.15, 0.2) is 5.13 Å². The summed E-state index contributed by atoms with van der Waals surface area (Å²) in [4.78, 5) is 41.7. The smallest absolute Gasteiger partial charge is 0.265 e. The molecule has 0 aliphatic rings. The molecule has 2 rings (SSSR count). The van der Waals surface area contributed by atoms with Crippen LogP contribution in [0.25, 0.3) is 11.3 Å². The van der Waals surface area contributed by atoms with E-state index < -0.39 is 17.9 Å². The van der Waals surface area contributed by atoms with Crippen LogP contribution in [0.1, 0.15) is 24.3 Å². The van der Waals surface area contributed by atoms with E-state index in [1.807, 2.05) is 13.8 Å². The monoisotopic (exact) mass is 364 g/mol. The van der Waals surface area contributed by atoms with Gasteiger partial charge in [0.2, 0.25) is 11.8 Å². The zero-order chi connectivity index (χ0) is 18.6. The Kier molecular flexibility index (Phi) is 5.88. The number of carbonyl (C=O) groups is 3. The molecule has 0 unspecified atom stereocenters. The lowest BCUT2D eigenvalue weighted by atomic mass is 10.1. The largest absolute Gasteiger partial charge is 0.364 e. The molecule has 134 valence electrons. The summed E-state index contributed by atoms with van der Waals surface area (Å²) in [5, 5.41) is 7.19. The number of carbonyl (C=O) groups excluding carboxylic acids is 3. The number of anilines is 1. The van der Waals surface area contributed by atoms with Crippen LogP contribution in [0.15, 0.2) is 17.6 Å². The number of primary amides is 1. The average Bonchev–Trinajstić information content (AvgIpc) is 3.20. The van der Waals surface area contributed by atoms with E-state index >= 15 is 0 Å². The minimum atomic E-state index is -0.660. The molecule has 1 atom stereocenters. The van der Waals surface area contributed by atoms with Crippen molar-refractivity contribution in [3.63, 3.8) is 0 Å². The lowest BCUT2D eigenvalue weighted by molar-refractivity contribution is -0.125. The summed E-state index contributed by atoms with van der Waals surface area (Å²) in [5.41, 5.74) is 12.4. The van der Waals surface area contributed by atoms with Crippen LogP contribution < -0.4 is 22.1 Å². The summed E-state index contributed by atoms with van der Waals surface area (Å²) < 4.78 is 0. The van der Waals surface area contributed by atoms with Gasteiger partial charge in [-0.15, -0.1) is 11.3 Å². The molecule has 25 heavy (non-hydrogen) atoms. The van der Waals surface area contributed by atoms with Crippen LogP contribution in [0.5, 0.6) is 0 Å². The summed E-state index contributed by atoms with van der Waals surface area (Å²) in [6.45, 7) is 3.46. The Morgan fingerprint density at radius 1 is 1.36 bits per heavy atom. The maximum Gasteiger partial charge on any atom is 0.265 e. The van der Waals surface area contributed by atoms with E-state index in [4.69, 9.17) is 11.5 Å². The summed E-state index contributed by atoms with van der Waals surface area (Å²) in [5.74, 6) is -1.37. The van der Waals surface area contributed by atoms with Crippen molar-refractivity contribution >= 4 is 34.2 Å². The van der Waals surface area contributed by atoms with Crippen LogP contribution in [-0.2, 0) is 9.59 Å². The molecule has 0 saturated carbocycles. The molecule has 0 spiro atoms. The maximum atomic E-state index is 11.9. The Labute approximate surface area is 148 Å². The van der Waals surface area contributed by atoms with Gasteiger partial charge < -0.3 is 27.1 Å². The minimum absolute atomic E-state index is 0.0174. The van der Waals surface area contributed by atoms with Gasteiger partial charge >= 0.3 is 0 Å². The Hall–Kier alpha value is -2.72. The quantitative estimate of drug-likeness (QED) is 0.477. The van der Waals surface area contributed by atoms with Gasteiger partial charge in [0.05, 0.1) is 18.3 Å². The molecule has 0 saturated heterocycles. The predicted molar refractivity (Wildman–Crippen MR) is 94.9 cm³/mol. The highest BCUT2D eigenvalue weighted by molar-refractivity contribution is 7.14. The first-order chi connectivity index (χ1) is 11.8.